The Morgan fingerprint density at radius 2 is 1.94 bits per heavy atom. The quantitative estimate of drug-likeness (QED) is 0.772. The molecule has 0 aromatic carbocycles. The van der Waals surface area contributed by atoms with Gasteiger partial charge in [-0.1, -0.05) is 20.8 Å². The van der Waals surface area contributed by atoms with Gasteiger partial charge < -0.3 is 10.3 Å². The number of nitrogens with one attached hydrogen (secondary N) is 2. The molecule has 0 unspecified atom stereocenters. The minimum absolute atomic E-state index is 0.342. The van der Waals surface area contributed by atoms with Crippen molar-refractivity contribution in [2.24, 2.45) is 0 Å². The summed E-state index contributed by atoms with van der Waals surface area (Å²) in [6.45, 7) is 8.19. The average molecular weight is 259 g/mol. The van der Waals surface area contributed by atoms with Crippen LogP contribution in [0.15, 0.2) is 17.2 Å². The van der Waals surface area contributed by atoms with E-state index in [0.717, 1.165) is 12.2 Å². The van der Waals surface area contributed by atoms with Crippen LogP contribution >= 0.6 is 0 Å². The molecule has 1 aromatic rings. The Labute approximate surface area is 103 Å². The van der Waals surface area contributed by atoms with E-state index in [0.29, 0.717) is 24.5 Å². The molecule has 0 fully saturated rings. The highest BCUT2D eigenvalue weighted by Crippen LogP contribution is 2.16. The molecule has 0 saturated carbocycles. The number of aromatic nitrogens is 1. The van der Waals surface area contributed by atoms with Gasteiger partial charge in [0.1, 0.15) is 0 Å². The maximum atomic E-state index is 12.2. The molecule has 1 heterocycles. The molecular formula is C11H21N3O2S. The van der Waals surface area contributed by atoms with Crippen LogP contribution in [0.2, 0.25) is 0 Å². The predicted octanol–water partition coefficient (Wildman–Crippen LogP) is 1.15. The molecule has 98 valence electrons. The summed E-state index contributed by atoms with van der Waals surface area (Å²) in [4.78, 5) is 3.32. The second-order valence-electron chi connectivity index (χ2n) is 3.73. The molecule has 17 heavy (non-hydrogen) atoms. The van der Waals surface area contributed by atoms with Gasteiger partial charge in [0, 0.05) is 31.5 Å². The monoisotopic (exact) mass is 259 g/mol. The van der Waals surface area contributed by atoms with E-state index in [2.05, 4.69) is 10.3 Å². The fourth-order valence-corrected chi connectivity index (χ4v) is 3.12. The molecule has 0 radical (unpaired) electrons. The lowest BCUT2D eigenvalue weighted by Crippen LogP contribution is -2.30. The maximum absolute atomic E-state index is 12.2. The van der Waals surface area contributed by atoms with Crippen molar-refractivity contribution in [1.82, 2.24) is 14.6 Å². The summed E-state index contributed by atoms with van der Waals surface area (Å²) in [5.41, 5.74) is 0.887. The number of H-pyrrole nitrogens is 1. The highest BCUT2D eigenvalue weighted by molar-refractivity contribution is 7.89. The fourth-order valence-electron chi connectivity index (χ4n) is 1.64. The van der Waals surface area contributed by atoms with E-state index < -0.39 is 10.0 Å². The summed E-state index contributed by atoms with van der Waals surface area (Å²) >= 11 is 0. The van der Waals surface area contributed by atoms with Gasteiger partial charge in [0.25, 0.3) is 0 Å². The Balaban J connectivity index is 2.88. The molecule has 6 heteroatoms. The third-order valence-corrected chi connectivity index (χ3v) is 4.65. The van der Waals surface area contributed by atoms with Gasteiger partial charge in [-0.3, -0.25) is 0 Å². The predicted molar refractivity (Wildman–Crippen MR) is 68.3 cm³/mol. The molecule has 0 saturated heterocycles. The van der Waals surface area contributed by atoms with E-state index >= 15 is 0 Å². The summed E-state index contributed by atoms with van der Waals surface area (Å²) in [6, 6.07) is 1.69. The van der Waals surface area contributed by atoms with Crippen LogP contribution in [0.4, 0.5) is 0 Å². The van der Waals surface area contributed by atoms with Crippen molar-refractivity contribution in [3.05, 3.63) is 18.0 Å². The molecule has 0 spiro atoms. The summed E-state index contributed by atoms with van der Waals surface area (Å²) in [6.07, 6.45) is 1.56. The Kier molecular flexibility index (Phi) is 5.17. The molecule has 0 amide bonds. The van der Waals surface area contributed by atoms with Crippen LogP contribution in [0, 0.1) is 0 Å². The van der Waals surface area contributed by atoms with Crippen molar-refractivity contribution in [3.63, 3.8) is 0 Å². The molecule has 1 aromatic heterocycles. The van der Waals surface area contributed by atoms with Crippen molar-refractivity contribution in [3.8, 4) is 0 Å². The minimum atomic E-state index is -3.33. The summed E-state index contributed by atoms with van der Waals surface area (Å²) in [5.74, 6) is 0. The number of sulfonamides is 1. The second-order valence-corrected chi connectivity index (χ2v) is 5.67. The van der Waals surface area contributed by atoms with Gasteiger partial charge in [-0.05, 0) is 12.6 Å². The van der Waals surface area contributed by atoms with Gasteiger partial charge in [0.15, 0.2) is 0 Å². The standard InChI is InChI=1S/C11H21N3O2S/c1-4-12-8-10-7-11(9-13-10)17(15,16)14(5-2)6-3/h7,9,12-13H,4-6,8H2,1-3H3. The molecule has 1 rings (SSSR count). The zero-order chi connectivity index (χ0) is 12.9. The Morgan fingerprint density at radius 1 is 1.29 bits per heavy atom. The molecule has 0 atom stereocenters. The number of nitrogens with zero attached hydrogens (tertiary/aromatic N) is 1. The largest absolute Gasteiger partial charge is 0.363 e. The first-order valence-corrected chi connectivity index (χ1v) is 7.38. The third kappa shape index (κ3) is 3.31. The first-order chi connectivity index (χ1) is 8.06. The Morgan fingerprint density at radius 3 is 2.47 bits per heavy atom. The van der Waals surface area contributed by atoms with Gasteiger partial charge in [-0.25, -0.2) is 8.42 Å². The third-order valence-electron chi connectivity index (χ3n) is 2.62. The van der Waals surface area contributed by atoms with Crippen LogP contribution in [0.5, 0.6) is 0 Å². The molecule has 0 aliphatic carbocycles. The first-order valence-electron chi connectivity index (χ1n) is 5.94. The lowest BCUT2D eigenvalue weighted by atomic mass is 10.4. The van der Waals surface area contributed by atoms with Crippen molar-refractivity contribution in [2.75, 3.05) is 19.6 Å². The molecule has 0 aliphatic heterocycles. The van der Waals surface area contributed by atoms with Crippen molar-refractivity contribution >= 4 is 10.0 Å². The number of hydrogen-bond donors (Lipinski definition) is 2. The molecular weight excluding hydrogens is 238 g/mol. The Bertz CT molecular complexity index is 435. The van der Waals surface area contributed by atoms with Gasteiger partial charge in [0.05, 0.1) is 4.90 Å². The first kappa shape index (κ1) is 14.2. The lowest BCUT2D eigenvalue weighted by Gasteiger charge is -2.16. The highest BCUT2D eigenvalue weighted by Gasteiger charge is 2.22. The fraction of sp³-hybridized carbons (Fsp3) is 0.636. The molecule has 5 nitrogen and oxygen atoms in total. The van der Waals surface area contributed by atoms with Gasteiger partial charge in [0.2, 0.25) is 10.0 Å². The van der Waals surface area contributed by atoms with Crippen LogP contribution in [0.3, 0.4) is 0 Å². The Hall–Kier alpha value is -0.850. The molecule has 0 aliphatic rings. The zero-order valence-electron chi connectivity index (χ0n) is 10.7. The topological polar surface area (TPSA) is 65.2 Å². The van der Waals surface area contributed by atoms with E-state index in [1.165, 1.54) is 4.31 Å². The second kappa shape index (κ2) is 6.18. The van der Waals surface area contributed by atoms with Crippen LogP contribution in [-0.2, 0) is 16.6 Å². The van der Waals surface area contributed by atoms with E-state index in [4.69, 9.17) is 0 Å². The number of rotatable bonds is 7. The minimum Gasteiger partial charge on any atom is -0.363 e. The van der Waals surface area contributed by atoms with Crippen LogP contribution < -0.4 is 5.32 Å². The summed E-state index contributed by atoms with van der Waals surface area (Å²) < 4.78 is 25.8. The van der Waals surface area contributed by atoms with Crippen molar-refractivity contribution < 1.29 is 8.42 Å². The van der Waals surface area contributed by atoms with Crippen LogP contribution in [0.1, 0.15) is 26.5 Å². The summed E-state index contributed by atoms with van der Waals surface area (Å²) in [5, 5.41) is 3.15. The maximum Gasteiger partial charge on any atom is 0.244 e. The van der Waals surface area contributed by atoms with E-state index in [1.54, 1.807) is 12.3 Å². The highest BCUT2D eigenvalue weighted by atomic mass is 32.2. The van der Waals surface area contributed by atoms with Crippen molar-refractivity contribution in [1.29, 1.82) is 0 Å². The number of hydrogen-bond acceptors (Lipinski definition) is 3. The van der Waals surface area contributed by atoms with Crippen LogP contribution in [-0.4, -0.2) is 37.3 Å². The zero-order valence-corrected chi connectivity index (χ0v) is 11.5. The lowest BCUT2D eigenvalue weighted by molar-refractivity contribution is 0.445. The van der Waals surface area contributed by atoms with E-state index in [9.17, 15) is 8.42 Å². The van der Waals surface area contributed by atoms with Crippen molar-refractivity contribution in [2.45, 2.75) is 32.2 Å². The normalized spacial score (nSPS) is 12.2. The van der Waals surface area contributed by atoms with Gasteiger partial charge in [-0.2, -0.15) is 4.31 Å². The van der Waals surface area contributed by atoms with E-state index in [-0.39, 0.29) is 0 Å². The van der Waals surface area contributed by atoms with Gasteiger partial charge >= 0.3 is 0 Å². The van der Waals surface area contributed by atoms with Gasteiger partial charge in [-0.15, -0.1) is 0 Å². The SMILES string of the molecule is CCNCc1cc(S(=O)(=O)N(CC)CC)c[nH]1. The van der Waals surface area contributed by atoms with Crippen LogP contribution in [0.25, 0.3) is 0 Å². The molecule has 0 bridgehead atoms. The number of aromatic amines is 1. The average Bonchev–Trinajstić information content (AvgIpc) is 2.77. The van der Waals surface area contributed by atoms with E-state index in [1.807, 2.05) is 20.8 Å². The molecule has 2 N–H and O–H groups in total. The summed E-state index contributed by atoms with van der Waals surface area (Å²) in [7, 11) is -3.33. The smallest absolute Gasteiger partial charge is 0.244 e.